The van der Waals surface area contributed by atoms with Crippen LogP contribution in [0.1, 0.15) is 54.2 Å². The number of benzene rings is 5. The van der Waals surface area contributed by atoms with Gasteiger partial charge >= 0.3 is 5.97 Å². The molecule has 5 aromatic carbocycles. The maximum atomic E-state index is 14.1. The molecule has 0 bridgehead atoms. The number of amides is 2. The average Bonchev–Trinajstić information content (AvgIpc) is 3.45. The van der Waals surface area contributed by atoms with Crippen molar-refractivity contribution in [2.75, 3.05) is 6.61 Å². The molecule has 9 heteroatoms. The second-order valence-corrected chi connectivity index (χ2v) is 12.7. The van der Waals surface area contributed by atoms with Crippen LogP contribution >= 0.6 is 0 Å². The molecule has 7 rings (SSSR count). The summed E-state index contributed by atoms with van der Waals surface area (Å²) in [6.07, 6.45) is -3.33. The zero-order valence-corrected chi connectivity index (χ0v) is 28.5. The van der Waals surface area contributed by atoms with E-state index in [9.17, 15) is 14.4 Å². The van der Waals surface area contributed by atoms with Crippen molar-refractivity contribution in [3.8, 4) is 0 Å². The van der Waals surface area contributed by atoms with Crippen molar-refractivity contribution >= 4 is 17.8 Å². The lowest BCUT2D eigenvalue weighted by Gasteiger charge is -2.48. The molecule has 9 nitrogen and oxygen atoms in total. The van der Waals surface area contributed by atoms with E-state index in [1.807, 2.05) is 97.1 Å². The van der Waals surface area contributed by atoms with E-state index in [-0.39, 0.29) is 32.8 Å². The monoisotopic (exact) mass is 697 g/mol. The third-order valence-electron chi connectivity index (χ3n) is 9.21. The highest BCUT2D eigenvalue weighted by Crippen LogP contribution is 2.37. The number of carbonyl (C=O) groups is 3. The van der Waals surface area contributed by atoms with E-state index in [0.29, 0.717) is 16.7 Å². The number of carbonyl (C=O) groups excluding carboxylic acids is 3. The van der Waals surface area contributed by atoms with E-state index in [0.717, 1.165) is 16.7 Å². The summed E-state index contributed by atoms with van der Waals surface area (Å²) >= 11 is 0. The highest BCUT2D eigenvalue weighted by Gasteiger charge is 2.55. The molecule has 2 aliphatic rings. The minimum absolute atomic E-state index is 0.0120. The van der Waals surface area contributed by atoms with Crippen molar-refractivity contribution in [3.05, 3.63) is 179 Å². The Bertz CT molecular complexity index is 1900. The third kappa shape index (κ3) is 8.03. The largest absolute Gasteiger partial charge is 0.462 e. The molecule has 5 aromatic rings. The van der Waals surface area contributed by atoms with Gasteiger partial charge in [0.2, 0.25) is 0 Å². The molecule has 0 aliphatic carbocycles. The number of ether oxygens (including phenoxy) is 5. The van der Waals surface area contributed by atoms with E-state index in [1.165, 1.54) is 4.90 Å². The van der Waals surface area contributed by atoms with E-state index in [2.05, 4.69) is 0 Å². The van der Waals surface area contributed by atoms with Crippen LogP contribution in [-0.4, -0.2) is 59.9 Å². The minimum Gasteiger partial charge on any atom is -0.462 e. The van der Waals surface area contributed by atoms with E-state index >= 15 is 0 Å². The summed E-state index contributed by atoms with van der Waals surface area (Å²) in [5, 5.41) is 0. The van der Waals surface area contributed by atoms with Crippen molar-refractivity contribution in [1.82, 2.24) is 4.90 Å². The Hall–Kier alpha value is -5.45. The van der Waals surface area contributed by atoms with Crippen molar-refractivity contribution in [3.63, 3.8) is 0 Å². The predicted octanol–water partition coefficient (Wildman–Crippen LogP) is 7.01. The zero-order chi connectivity index (χ0) is 35.7. The molecule has 264 valence electrons. The fraction of sp³-hybridized carbons (Fsp3) is 0.233. The molecule has 5 atom stereocenters. The lowest BCUT2D eigenvalue weighted by Crippen LogP contribution is -2.66. The molecule has 5 unspecified atom stereocenters. The van der Waals surface area contributed by atoms with Crippen LogP contribution in [0.5, 0.6) is 0 Å². The number of esters is 1. The molecule has 52 heavy (non-hydrogen) atoms. The molecule has 0 spiro atoms. The highest BCUT2D eigenvalue weighted by molar-refractivity contribution is 6.21. The first kappa shape index (κ1) is 35.0. The summed E-state index contributed by atoms with van der Waals surface area (Å²) < 4.78 is 32.4. The van der Waals surface area contributed by atoms with Crippen LogP contribution in [0.3, 0.4) is 0 Å². The Labute approximate surface area is 302 Å². The number of imide groups is 1. The Morgan fingerprint density at radius 3 is 1.52 bits per heavy atom. The summed E-state index contributed by atoms with van der Waals surface area (Å²) in [5.74, 6) is -1.39. The van der Waals surface area contributed by atoms with Gasteiger partial charge in [0.25, 0.3) is 11.8 Å². The van der Waals surface area contributed by atoms with Gasteiger partial charge in [-0.25, -0.2) is 4.79 Å². The fourth-order valence-corrected chi connectivity index (χ4v) is 6.62. The van der Waals surface area contributed by atoms with Crippen LogP contribution < -0.4 is 0 Å². The Morgan fingerprint density at radius 2 is 1.00 bits per heavy atom. The summed E-state index contributed by atoms with van der Waals surface area (Å²) in [6, 6.07) is 43.4. The van der Waals surface area contributed by atoms with Gasteiger partial charge in [-0.15, -0.1) is 0 Å². The fourth-order valence-electron chi connectivity index (χ4n) is 6.62. The van der Waals surface area contributed by atoms with E-state index < -0.39 is 48.4 Å². The van der Waals surface area contributed by atoms with Gasteiger partial charge in [0.15, 0.2) is 6.29 Å². The second kappa shape index (κ2) is 16.7. The lowest BCUT2D eigenvalue weighted by molar-refractivity contribution is -0.296. The molecule has 0 saturated carbocycles. The average molecular weight is 698 g/mol. The minimum atomic E-state index is -1.12. The second-order valence-electron chi connectivity index (χ2n) is 12.7. The SMILES string of the molecule is O=C(OCCC1OC(OCc2ccccc2)C(N2C(=O)c3ccccc3C2=O)C(OCc2ccccc2)C1OCc1ccccc1)c1ccccc1. The molecule has 2 heterocycles. The van der Waals surface area contributed by atoms with Gasteiger partial charge < -0.3 is 23.7 Å². The highest BCUT2D eigenvalue weighted by atomic mass is 16.7. The standard InChI is InChI=1S/C43H39NO8/c45-40-34-23-13-14-24-35(34)41(46)44(40)37-39(50-28-31-17-7-2-8-18-31)38(49-27-30-15-5-1-6-16-30)36(25-26-48-42(47)33-21-11-4-12-22-33)52-43(37)51-29-32-19-9-3-10-20-32/h1-24,36-39,43H,25-29H2. The predicted molar refractivity (Wildman–Crippen MR) is 192 cm³/mol. The Kier molecular flexibility index (Phi) is 11.2. The molecule has 2 aliphatic heterocycles. The maximum Gasteiger partial charge on any atom is 0.338 e. The van der Waals surface area contributed by atoms with E-state index in [4.69, 9.17) is 23.7 Å². The van der Waals surface area contributed by atoms with Crippen LogP contribution in [0.4, 0.5) is 0 Å². The van der Waals surface area contributed by atoms with Crippen molar-refractivity contribution in [2.24, 2.45) is 0 Å². The van der Waals surface area contributed by atoms with Crippen molar-refractivity contribution < 1.29 is 38.1 Å². The van der Waals surface area contributed by atoms with Gasteiger partial charge in [-0.05, 0) is 41.0 Å². The van der Waals surface area contributed by atoms with Gasteiger partial charge in [-0.3, -0.25) is 14.5 Å². The number of hydrogen-bond acceptors (Lipinski definition) is 8. The maximum absolute atomic E-state index is 14.1. The van der Waals surface area contributed by atoms with Crippen LogP contribution in [0.15, 0.2) is 146 Å². The quantitative estimate of drug-likeness (QED) is 0.0903. The van der Waals surface area contributed by atoms with Crippen LogP contribution in [0, 0.1) is 0 Å². The van der Waals surface area contributed by atoms with Gasteiger partial charge in [-0.1, -0.05) is 121 Å². The summed E-state index contributed by atoms with van der Waals surface area (Å²) in [7, 11) is 0. The molecule has 0 N–H and O–H groups in total. The molecule has 1 fully saturated rings. The van der Waals surface area contributed by atoms with Crippen LogP contribution in [0.25, 0.3) is 0 Å². The smallest absolute Gasteiger partial charge is 0.338 e. The molecule has 2 amide bonds. The zero-order valence-electron chi connectivity index (χ0n) is 28.5. The molecule has 0 aromatic heterocycles. The molecular formula is C43H39NO8. The molecular weight excluding hydrogens is 658 g/mol. The Morgan fingerprint density at radius 1 is 0.558 bits per heavy atom. The van der Waals surface area contributed by atoms with E-state index in [1.54, 1.807) is 48.5 Å². The normalized spacial score (nSPS) is 21.2. The van der Waals surface area contributed by atoms with Crippen molar-refractivity contribution in [2.45, 2.75) is 56.9 Å². The van der Waals surface area contributed by atoms with Crippen molar-refractivity contribution in [1.29, 1.82) is 0 Å². The number of nitrogens with zero attached hydrogens (tertiary/aromatic N) is 1. The summed E-state index contributed by atoms with van der Waals surface area (Å²) in [5.41, 5.74) is 3.72. The van der Waals surface area contributed by atoms with Gasteiger partial charge in [-0.2, -0.15) is 0 Å². The third-order valence-corrected chi connectivity index (χ3v) is 9.21. The van der Waals surface area contributed by atoms with Gasteiger partial charge in [0.1, 0.15) is 18.2 Å². The first-order valence-corrected chi connectivity index (χ1v) is 17.4. The Balaban J connectivity index is 1.25. The van der Waals surface area contributed by atoms with Crippen LogP contribution in [-0.2, 0) is 43.5 Å². The summed E-state index contributed by atoms with van der Waals surface area (Å²) in [6.45, 7) is 0.516. The van der Waals surface area contributed by atoms with Gasteiger partial charge in [0, 0.05) is 6.42 Å². The first-order valence-electron chi connectivity index (χ1n) is 17.4. The number of rotatable bonds is 14. The topological polar surface area (TPSA) is 101 Å². The molecule has 1 saturated heterocycles. The molecule has 0 radical (unpaired) electrons. The number of fused-ring (bicyclic) bond motifs is 1. The lowest BCUT2D eigenvalue weighted by atomic mass is 9.93. The summed E-state index contributed by atoms with van der Waals surface area (Å²) in [4.78, 5) is 42.4. The first-order chi connectivity index (χ1) is 25.6. The number of hydrogen-bond donors (Lipinski definition) is 0. The van der Waals surface area contributed by atoms with Crippen LogP contribution in [0.2, 0.25) is 0 Å². The van der Waals surface area contributed by atoms with Gasteiger partial charge in [0.05, 0.1) is 49.2 Å².